The van der Waals surface area contributed by atoms with Crippen LogP contribution in [0.1, 0.15) is 6.92 Å². The Hall–Kier alpha value is -0.590. The van der Waals surface area contributed by atoms with Gasteiger partial charge in [0.25, 0.3) is 0 Å². The summed E-state index contributed by atoms with van der Waals surface area (Å²) in [7, 11) is 0. The van der Waals surface area contributed by atoms with E-state index in [1.807, 2.05) is 12.3 Å². The van der Waals surface area contributed by atoms with Crippen LogP contribution in [0.4, 0.5) is 0 Å². The summed E-state index contributed by atoms with van der Waals surface area (Å²) >= 11 is 0. The maximum Gasteiger partial charge on any atom is 0.0454 e. The smallest absolute Gasteiger partial charge is 0.0454 e. The van der Waals surface area contributed by atoms with Crippen LogP contribution in [-0.2, 0) is 0 Å². The van der Waals surface area contributed by atoms with Gasteiger partial charge in [-0.1, -0.05) is 13.0 Å². The van der Waals surface area contributed by atoms with Gasteiger partial charge in [0.2, 0.25) is 0 Å². The van der Waals surface area contributed by atoms with E-state index in [1.165, 1.54) is 0 Å². The highest BCUT2D eigenvalue weighted by atomic mass is 14.8. The summed E-state index contributed by atoms with van der Waals surface area (Å²) < 4.78 is 0. The SMILES string of the molecule is C=CC1CN=CC1C. The molecule has 0 fully saturated rings. The van der Waals surface area contributed by atoms with Gasteiger partial charge in [0.15, 0.2) is 0 Å². The van der Waals surface area contributed by atoms with E-state index >= 15 is 0 Å². The van der Waals surface area contributed by atoms with Crippen LogP contribution in [0.25, 0.3) is 0 Å². The summed E-state index contributed by atoms with van der Waals surface area (Å²) in [5.74, 6) is 1.22. The van der Waals surface area contributed by atoms with E-state index in [1.54, 1.807) is 0 Å². The van der Waals surface area contributed by atoms with Crippen LogP contribution < -0.4 is 0 Å². The predicted octanol–water partition coefficient (Wildman–Crippen LogP) is 1.51. The Morgan fingerprint density at radius 2 is 2.62 bits per heavy atom. The molecule has 0 saturated carbocycles. The van der Waals surface area contributed by atoms with E-state index in [0.717, 1.165) is 6.54 Å². The van der Waals surface area contributed by atoms with Crippen molar-refractivity contribution in [2.24, 2.45) is 16.8 Å². The summed E-state index contributed by atoms with van der Waals surface area (Å²) in [5, 5.41) is 0. The van der Waals surface area contributed by atoms with E-state index in [0.29, 0.717) is 11.8 Å². The van der Waals surface area contributed by atoms with Crippen molar-refractivity contribution in [2.45, 2.75) is 6.92 Å². The molecule has 0 aromatic heterocycles. The monoisotopic (exact) mass is 109 g/mol. The minimum absolute atomic E-state index is 0.606. The molecule has 0 spiro atoms. The van der Waals surface area contributed by atoms with Crippen molar-refractivity contribution in [1.82, 2.24) is 0 Å². The maximum absolute atomic E-state index is 4.12. The highest BCUT2D eigenvalue weighted by Crippen LogP contribution is 2.15. The first kappa shape index (κ1) is 5.54. The molecule has 0 aliphatic carbocycles. The van der Waals surface area contributed by atoms with Crippen molar-refractivity contribution >= 4 is 6.21 Å². The van der Waals surface area contributed by atoms with Crippen molar-refractivity contribution in [3.05, 3.63) is 12.7 Å². The molecule has 8 heavy (non-hydrogen) atoms. The summed E-state index contributed by atoms with van der Waals surface area (Å²) in [5.41, 5.74) is 0. The van der Waals surface area contributed by atoms with Crippen LogP contribution in [0.3, 0.4) is 0 Å². The third kappa shape index (κ3) is 0.808. The first-order chi connectivity index (χ1) is 3.84. The van der Waals surface area contributed by atoms with Gasteiger partial charge in [0.05, 0.1) is 0 Å². The summed E-state index contributed by atoms with van der Waals surface area (Å²) in [6.45, 7) is 6.83. The van der Waals surface area contributed by atoms with Crippen molar-refractivity contribution in [1.29, 1.82) is 0 Å². The van der Waals surface area contributed by atoms with Crippen LogP contribution in [-0.4, -0.2) is 12.8 Å². The lowest BCUT2D eigenvalue weighted by molar-refractivity contribution is 0.600. The summed E-state index contributed by atoms with van der Waals surface area (Å²) in [6.07, 6.45) is 3.99. The van der Waals surface area contributed by atoms with E-state index in [4.69, 9.17) is 0 Å². The molecule has 1 aliphatic rings. The number of nitrogens with zero attached hydrogens (tertiary/aromatic N) is 1. The number of aliphatic imine (C=N–C) groups is 1. The molecule has 1 heteroatoms. The van der Waals surface area contributed by atoms with E-state index in [-0.39, 0.29) is 0 Å². The third-order valence-corrected chi connectivity index (χ3v) is 1.63. The second kappa shape index (κ2) is 2.12. The molecular weight excluding hydrogens is 98.1 g/mol. The zero-order valence-corrected chi connectivity index (χ0v) is 5.17. The highest BCUT2D eigenvalue weighted by molar-refractivity contribution is 5.63. The fourth-order valence-electron chi connectivity index (χ4n) is 0.915. The number of hydrogen-bond acceptors (Lipinski definition) is 1. The van der Waals surface area contributed by atoms with Crippen LogP contribution in [0.5, 0.6) is 0 Å². The van der Waals surface area contributed by atoms with Crippen LogP contribution in [0, 0.1) is 11.8 Å². The average molecular weight is 109 g/mol. The molecule has 0 aromatic carbocycles. The molecule has 0 amide bonds. The molecule has 0 N–H and O–H groups in total. The van der Waals surface area contributed by atoms with Crippen LogP contribution in [0.2, 0.25) is 0 Å². The quantitative estimate of drug-likeness (QED) is 0.452. The van der Waals surface area contributed by atoms with Crippen molar-refractivity contribution < 1.29 is 0 Å². The average Bonchev–Trinajstić information content (AvgIpc) is 2.14. The lowest BCUT2D eigenvalue weighted by atomic mass is 9.99. The minimum atomic E-state index is 0.606. The molecule has 1 aliphatic heterocycles. The first-order valence-corrected chi connectivity index (χ1v) is 2.97. The van der Waals surface area contributed by atoms with Crippen molar-refractivity contribution in [3.8, 4) is 0 Å². The van der Waals surface area contributed by atoms with Gasteiger partial charge < -0.3 is 0 Å². The van der Waals surface area contributed by atoms with Gasteiger partial charge in [0.1, 0.15) is 0 Å². The number of rotatable bonds is 1. The molecule has 2 atom stereocenters. The second-order valence-electron chi connectivity index (χ2n) is 2.27. The Morgan fingerprint density at radius 1 is 1.88 bits per heavy atom. The molecule has 0 radical (unpaired) electrons. The fraction of sp³-hybridized carbons (Fsp3) is 0.571. The molecule has 1 heterocycles. The van der Waals surface area contributed by atoms with Gasteiger partial charge >= 0.3 is 0 Å². The Bertz CT molecular complexity index is 116. The lowest BCUT2D eigenvalue weighted by Crippen LogP contribution is -2.04. The van der Waals surface area contributed by atoms with Gasteiger partial charge in [-0.05, 0) is 5.92 Å². The molecule has 44 valence electrons. The van der Waals surface area contributed by atoms with Gasteiger partial charge in [0, 0.05) is 18.7 Å². The first-order valence-electron chi connectivity index (χ1n) is 2.97. The maximum atomic E-state index is 4.12. The van der Waals surface area contributed by atoms with Crippen molar-refractivity contribution in [2.75, 3.05) is 6.54 Å². The normalized spacial score (nSPS) is 35.6. The Morgan fingerprint density at radius 3 is 2.88 bits per heavy atom. The molecule has 0 aromatic rings. The molecular formula is C7H11N. The zero-order chi connectivity index (χ0) is 5.98. The van der Waals surface area contributed by atoms with E-state index < -0.39 is 0 Å². The van der Waals surface area contributed by atoms with Crippen LogP contribution in [0.15, 0.2) is 17.6 Å². The fourth-order valence-corrected chi connectivity index (χ4v) is 0.915. The Kier molecular flexibility index (Phi) is 1.47. The minimum Gasteiger partial charge on any atom is -0.297 e. The molecule has 2 unspecified atom stereocenters. The summed E-state index contributed by atoms with van der Waals surface area (Å²) in [6, 6.07) is 0. The van der Waals surface area contributed by atoms with Gasteiger partial charge in [-0.3, -0.25) is 4.99 Å². The number of hydrogen-bond donors (Lipinski definition) is 0. The Labute approximate surface area is 50.1 Å². The van der Waals surface area contributed by atoms with E-state index in [2.05, 4.69) is 18.5 Å². The van der Waals surface area contributed by atoms with Gasteiger partial charge in [-0.2, -0.15) is 0 Å². The van der Waals surface area contributed by atoms with Crippen molar-refractivity contribution in [3.63, 3.8) is 0 Å². The van der Waals surface area contributed by atoms with Gasteiger partial charge in [-0.25, -0.2) is 0 Å². The lowest BCUT2D eigenvalue weighted by Gasteiger charge is -2.04. The van der Waals surface area contributed by atoms with E-state index in [9.17, 15) is 0 Å². The van der Waals surface area contributed by atoms with Gasteiger partial charge in [-0.15, -0.1) is 6.58 Å². The predicted molar refractivity (Wildman–Crippen MR) is 36.2 cm³/mol. The standard InChI is InChI=1S/C7H11N/c1-3-7-5-8-4-6(7)2/h3-4,6-7H,1,5H2,2H3. The second-order valence-corrected chi connectivity index (χ2v) is 2.27. The molecule has 0 saturated heterocycles. The Balaban J connectivity index is 2.50. The summed E-state index contributed by atoms with van der Waals surface area (Å²) in [4.78, 5) is 4.12. The molecule has 0 bridgehead atoms. The van der Waals surface area contributed by atoms with Crippen LogP contribution >= 0.6 is 0 Å². The molecule has 1 rings (SSSR count). The third-order valence-electron chi connectivity index (χ3n) is 1.63. The zero-order valence-electron chi connectivity index (χ0n) is 5.17. The topological polar surface area (TPSA) is 12.4 Å². The largest absolute Gasteiger partial charge is 0.297 e. The highest BCUT2D eigenvalue weighted by Gasteiger charge is 2.14. The molecule has 1 nitrogen and oxygen atoms in total.